The van der Waals surface area contributed by atoms with Crippen molar-refractivity contribution < 1.29 is 14.3 Å². The number of hydrogen-bond donors (Lipinski definition) is 1. The molecule has 0 unspecified atom stereocenters. The van der Waals surface area contributed by atoms with Crippen molar-refractivity contribution in [3.05, 3.63) is 0 Å². The van der Waals surface area contributed by atoms with Crippen molar-refractivity contribution >= 4 is 5.97 Å². The van der Waals surface area contributed by atoms with E-state index in [0.29, 0.717) is 0 Å². The minimum absolute atomic E-state index is 0.0779. The van der Waals surface area contributed by atoms with Crippen molar-refractivity contribution in [3.63, 3.8) is 0 Å². The fourth-order valence-electron chi connectivity index (χ4n) is 2.19. The predicted octanol–water partition coefficient (Wildman–Crippen LogP) is 0.446. The van der Waals surface area contributed by atoms with Gasteiger partial charge in [0.1, 0.15) is 6.04 Å². The number of carbonyl (C=O) groups excluding carboxylic acids is 1. The van der Waals surface area contributed by atoms with Crippen LogP contribution in [0.4, 0.5) is 0 Å². The zero-order chi connectivity index (χ0) is 10.2. The lowest BCUT2D eigenvalue weighted by Crippen LogP contribution is -2.44. The smallest absolute Gasteiger partial charge is 0.322 e. The summed E-state index contributed by atoms with van der Waals surface area (Å²) in [4.78, 5) is 11.3. The van der Waals surface area contributed by atoms with Crippen molar-refractivity contribution in [1.82, 2.24) is 0 Å². The molecule has 1 spiro atoms. The summed E-state index contributed by atoms with van der Waals surface area (Å²) in [5, 5.41) is 0. The van der Waals surface area contributed by atoms with Gasteiger partial charge in [-0.1, -0.05) is 0 Å². The van der Waals surface area contributed by atoms with Crippen LogP contribution >= 0.6 is 0 Å². The van der Waals surface area contributed by atoms with Gasteiger partial charge < -0.3 is 15.2 Å². The SMILES string of the molecule is COC(=O)[C@H](N)[C@@H]1CCOC2(CC2)C1. The van der Waals surface area contributed by atoms with Crippen LogP contribution in [0.15, 0.2) is 0 Å². The number of nitrogens with two attached hydrogens (primary N) is 1. The van der Waals surface area contributed by atoms with Gasteiger partial charge in [-0.2, -0.15) is 0 Å². The molecule has 4 heteroatoms. The number of hydrogen-bond acceptors (Lipinski definition) is 4. The third-order valence-corrected chi connectivity index (χ3v) is 3.32. The Morgan fingerprint density at radius 1 is 1.64 bits per heavy atom. The van der Waals surface area contributed by atoms with E-state index < -0.39 is 6.04 Å². The first-order chi connectivity index (χ1) is 6.67. The van der Waals surface area contributed by atoms with Gasteiger partial charge in [-0.05, 0) is 31.6 Å². The zero-order valence-electron chi connectivity index (χ0n) is 8.49. The molecular weight excluding hydrogens is 182 g/mol. The molecule has 2 aliphatic rings. The van der Waals surface area contributed by atoms with Gasteiger partial charge in [-0.3, -0.25) is 4.79 Å². The minimum Gasteiger partial charge on any atom is -0.468 e. The predicted molar refractivity (Wildman–Crippen MR) is 50.6 cm³/mol. The monoisotopic (exact) mass is 199 g/mol. The van der Waals surface area contributed by atoms with Gasteiger partial charge in [0.15, 0.2) is 0 Å². The lowest BCUT2D eigenvalue weighted by Gasteiger charge is -2.32. The molecule has 2 fully saturated rings. The quantitative estimate of drug-likeness (QED) is 0.656. The Balaban J connectivity index is 1.93. The van der Waals surface area contributed by atoms with Crippen LogP contribution < -0.4 is 5.73 Å². The molecule has 0 bridgehead atoms. The molecule has 1 aliphatic heterocycles. The first kappa shape index (κ1) is 9.93. The molecule has 2 rings (SSSR count). The van der Waals surface area contributed by atoms with E-state index in [1.54, 1.807) is 0 Å². The summed E-state index contributed by atoms with van der Waals surface area (Å²) >= 11 is 0. The van der Waals surface area contributed by atoms with Crippen LogP contribution in [0.1, 0.15) is 25.7 Å². The van der Waals surface area contributed by atoms with E-state index in [-0.39, 0.29) is 17.5 Å². The van der Waals surface area contributed by atoms with Gasteiger partial charge in [0.25, 0.3) is 0 Å². The maximum Gasteiger partial charge on any atom is 0.322 e. The number of esters is 1. The molecule has 1 saturated heterocycles. The van der Waals surface area contributed by atoms with E-state index in [2.05, 4.69) is 4.74 Å². The van der Waals surface area contributed by atoms with Crippen molar-refractivity contribution in [3.8, 4) is 0 Å². The lowest BCUT2D eigenvalue weighted by atomic mass is 9.88. The van der Waals surface area contributed by atoms with Crippen LogP contribution in [0.2, 0.25) is 0 Å². The number of ether oxygens (including phenoxy) is 2. The Kier molecular flexibility index (Phi) is 2.49. The van der Waals surface area contributed by atoms with E-state index in [1.807, 2.05) is 0 Å². The topological polar surface area (TPSA) is 61.5 Å². The molecule has 0 aromatic heterocycles. The van der Waals surface area contributed by atoms with Gasteiger partial charge >= 0.3 is 5.97 Å². The molecule has 2 N–H and O–H groups in total. The van der Waals surface area contributed by atoms with Gasteiger partial charge in [0.2, 0.25) is 0 Å². The third kappa shape index (κ3) is 1.77. The summed E-state index contributed by atoms with van der Waals surface area (Å²) in [7, 11) is 1.38. The van der Waals surface area contributed by atoms with E-state index in [9.17, 15) is 4.79 Å². The fraction of sp³-hybridized carbons (Fsp3) is 0.900. The van der Waals surface area contributed by atoms with E-state index in [1.165, 1.54) is 7.11 Å². The van der Waals surface area contributed by atoms with Gasteiger partial charge in [0.05, 0.1) is 12.7 Å². The highest BCUT2D eigenvalue weighted by molar-refractivity contribution is 5.75. The zero-order valence-corrected chi connectivity index (χ0v) is 8.49. The highest BCUT2D eigenvalue weighted by Gasteiger charge is 2.49. The molecule has 0 radical (unpaired) electrons. The minimum atomic E-state index is -0.471. The summed E-state index contributed by atoms with van der Waals surface area (Å²) in [5.41, 5.74) is 5.90. The third-order valence-electron chi connectivity index (χ3n) is 3.32. The van der Waals surface area contributed by atoms with E-state index in [4.69, 9.17) is 10.5 Å². The number of methoxy groups -OCH3 is 1. The summed E-state index contributed by atoms with van der Waals surface area (Å²) < 4.78 is 10.3. The summed E-state index contributed by atoms with van der Waals surface area (Å²) in [6.07, 6.45) is 4.04. The molecule has 1 saturated carbocycles. The Labute approximate surface area is 83.7 Å². The Morgan fingerprint density at radius 2 is 2.36 bits per heavy atom. The van der Waals surface area contributed by atoms with Crippen molar-refractivity contribution in [2.75, 3.05) is 13.7 Å². The van der Waals surface area contributed by atoms with E-state index >= 15 is 0 Å². The molecule has 0 aromatic carbocycles. The molecule has 1 heterocycles. The van der Waals surface area contributed by atoms with Gasteiger partial charge in [0, 0.05) is 6.61 Å². The highest BCUT2D eigenvalue weighted by atomic mass is 16.5. The first-order valence-corrected chi connectivity index (χ1v) is 5.14. The molecule has 14 heavy (non-hydrogen) atoms. The second-order valence-electron chi connectivity index (χ2n) is 4.33. The maximum atomic E-state index is 11.3. The van der Waals surface area contributed by atoms with Crippen molar-refractivity contribution in [1.29, 1.82) is 0 Å². The van der Waals surface area contributed by atoms with Crippen LogP contribution in [0, 0.1) is 5.92 Å². The summed E-state index contributed by atoms with van der Waals surface area (Å²) in [6, 6.07) is -0.471. The van der Waals surface area contributed by atoms with Crippen LogP contribution in [0.3, 0.4) is 0 Å². The number of rotatable bonds is 2. The molecule has 0 aromatic rings. The van der Waals surface area contributed by atoms with Crippen LogP contribution in [0.25, 0.3) is 0 Å². The fourth-order valence-corrected chi connectivity index (χ4v) is 2.19. The van der Waals surface area contributed by atoms with Crippen molar-refractivity contribution in [2.45, 2.75) is 37.3 Å². The molecular formula is C10H17NO3. The van der Waals surface area contributed by atoms with Crippen LogP contribution in [0.5, 0.6) is 0 Å². The lowest BCUT2D eigenvalue weighted by molar-refractivity contribution is -0.145. The van der Waals surface area contributed by atoms with Gasteiger partial charge in [-0.25, -0.2) is 0 Å². The summed E-state index contributed by atoms with van der Waals surface area (Å²) in [5.74, 6) is -0.0635. The largest absolute Gasteiger partial charge is 0.468 e. The Bertz CT molecular complexity index is 238. The first-order valence-electron chi connectivity index (χ1n) is 5.14. The van der Waals surface area contributed by atoms with Gasteiger partial charge in [-0.15, -0.1) is 0 Å². The molecule has 0 amide bonds. The van der Waals surface area contributed by atoms with Crippen molar-refractivity contribution in [2.24, 2.45) is 11.7 Å². The molecule has 80 valence electrons. The van der Waals surface area contributed by atoms with Crippen LogP contribution in [-0.2, 0) is 14.3 Å². The second kappa shape index (κ2) is 3.51. The molecule has 1 aliphatic carbocycles. The van der Waals surface area contributed by atoms with Crippen LogP contribution in [-0.4, -0.2) is 31.3 Å². The second-order valence-corrected chi connectivity index (χ2v) is 4.33. The Hall–Kier alpha value is -0.610. The normalized spacial score (nSPS) is 31.1. The average molecular weight is 199 g/mol. The average Bonchev–Trinajstić information content (AvgIpc) is 2.95. The highest BCUT2D eigenvalue weighted by Crippen LogP contribution is 2.48. The molecule has 4 nitrogen and oxygen atoms in total. The standard InChI is InChI=1S/C10H17NO3/c1-13-9(12)8(11)7-2-5-14-10(6-7)3-4-10/h7-8H,2-6,11H2,1H3/t7-,8-/m1/s1. The van der Waals surface area contributed by atoms with E-state index in [0.717, 1.165) is 32.3 Å². The Morgan fingerprint density at radius 3 is 2.93 bits per heavy atom. The summed E-state index contributed by atoms with van der Waals surface area (Å²) in [6.45, 7) is 0.732. The molecule has 2 atom stereocenters. The maximum absolute atomic E-state index is 11.3. The number of carbonyl (C=O) groups is 1.